The van der Waals surface area contributed by atoms with Crippen LogP contribution in [0.3, 0.4) is 0 Å². The fourth-order valence-corrected chi connectivity index (χ4v) is 2.83. The number of aromatic nitrogens is 2. The van der Waals surface area contributed by atoms with Gasteiger partial charge in [0.15, 0.2) is 0 Å². The molecule has 0 saturated carbocycles. The van der Waals surface area contributed by atoms with Crippen molar-refractivity contribution in [2.45, 2.75) is 39.5 Å². The zero-order chi connectivity index (χ0) is 21.6. The first-order chi connectivity index (χ1) is 14.3. The van der Waals surface area contributed by atoms with Gasteiger partial charge in [0.25, 0.3) is 5.91 Å². The van der Waals surface area contributed by atoms with Gasteiger partial charge in [-0.2, -0.15) is 5.10 Å². The van der Waals surface area contributed by atoms with Crippen molar-refractivity contribution < 1.29 is 14.3 Å². The fraction of sp³-hybridized carbons (Fsp3) is 0.261. The summed E-state index contributed by atoms with van der Waals surface area (Å²) in [7, 11) is 0. The van der Waals surface area contributed by atoms with Gasteiger partial charge >= 0.3 is 6.09 Å². The Morgan fingerprint density at radius 1 is 1.03 bits per heavy atom. The van der Waals surface area contributed by atoms with E-state index >= 15 is 0 Å². The highest BCUT2D eigenvalue weighted by Crippen LogP contribution is 2.13. The number of nitrogens with zero attached hydrogens (tertiary/aromatic N) is 2. The van der Waals surface area contributed by atoms with Crippen LogP contribution in [0.25, 0.3) is 0 Å². The van der Waals surface area contributed by atoms with Gasteiger partial charge in [-0.25, -0.2) is 4.79 Å². The maximum absolute atomic E-state index is 12.4. The van der Waals surface area contributed by atoms with E-state index in [1.807, 2.05) is 35.1 Å². The molecular weight excluding hydrogens is 380 g/mol. The second kappa shape index (κ2) is 9.26. The van der Waals surface area contributed by atoms with Crippen LogP contribution < -0.4 is 10.6 Å². The number of ether oxygens (including phenoxy) is 1. The molecule has 0 spiro atoms. The average Bonchev–Trinajstić information content (AvgIpc) is 3.18. The van der Waals surface area contributed by atoms with Crippen molar-refractivity contribution >= 4 is 17.7 Å². The zero-order valence-corrected chi connectivity index (χ0v) is 17.4. The molecule has 0 aliphatic rings. The third-order valence-corrected chi connectivity index (χ3v) is 4.14. The molecule has 2 amide bonds. The van der Waals surface area contributed by atoms with Gasteiger partial charge in [0.2, 0.25) is 0 Å². The lowest BCUT2D eigenvalue weighted by Crippen LogP contribution is -2.27. The van der Waals surface area contributed by atoms with Crippen LogP contribution >= 0.6 is 0 Å². The number of nitrogens with one attached hydrogen (secondary N) is 2. The second-order valence-corrected chi connectivity index (χ2v) is 7.91. The molecule has 0 aliphatic heterocycles. The minimum Gasteiger partial charge on any atom is -0.444 e. The summed E-state index contributed by atoms with van der Waals surface area (Å²) in [6.45, 7) is 6.50. The zero-order valence-electron chi connectivity index (χ0n) is 17.4. The van der Waals surface area contributed by atoms with Crippen LogP contribution in [0.5, 0.6) is 0 Å². The molecule has 30 heavy (non-hydrogen) atoms. The van der Waals surface area contributed by atoms with Crippen LogP contribution in [0.1, 0.15) is 42.3 Å². The monoisotopic (exact) mass is 406 g/mol. The molecule has 7 nitrogen and oxygen atoms in total. The molecule has 2 aromatic carbocycles. The first-order valence-corrected chi connectivity index (χ1v) is 9.72. The van der Waals surface area contributed by atoms with E-state index in [0.29, 0.717) is 24.3 Å². The maximum Gasteiger partial charge on any atom is 0.412 e. The SMILES string of the molecule is CC(C)(C)OC(=O)Nc1ccc(C(=O)NCc2cccc(Cn3cccn3)c2)cc1. The number of amides is 2. The quantitative estimate of drug-likeness (QED) is 0.642. The van der Waals surface area contributed by atoms with Crippen molar-refractivity contribution in [3.05, 3.63) is 83.7 Å². The lowest BCUT2D eigenvalue weighted by atomic mass is 10.1. The smallest absolute Gasteiger partial charge is 0.412 e. The normalized spacial score (nSPS) is 11.0. The maximum atomic E-state index is 12.4. The standard InChI is InChI=1S/C23H26N4O3/c1-23(2,3)30-22(29)26-20-10-8-19(9-11-20)21(28)24-15-17-6-4-7-18(14-17)16-27-13-5-12-25-27/h4-14H,15-16H2,1-3H3,(H,24,28)(H,26,29). The molecule has 0 atom stereocenters. The van der Waals surface area contributed by atoms with Gasteiger partial charge in [-0.15, -0.1) is 0 Å². The van der Waals surface area contributed by atoms with E-state index in [4.69, 9.17) is 4.74 Å². The van der Waals surface area contributed by atoms with Crippen molar-refractivity contribution in [2.75, 3.05) is 5.32 Å². The van der Waals surface area contributed by atoms with Gasteiger partial charge < -0.3 is 10.1 Å². The number of anilines is 1. The van der Waals surface area contributed by atoms with Gasteiger partial charge in [0.1, 0.15) is 5.60 Å². The molecule has 7 heteroatoms. The van der Waals surface area contributed by atoms with Crippen LogP contribution in [-0.2, 0) is 17.8 Å². The third kappa shape index (κ3) is 6.48. The van der Waals surface area contributed by atoms with Gasteiger partial charge in [-0.05, 0) is 62.2 Å². The number of hydrogen-bond donors (Lipinski definition) is 2. The molecular formula is C23H26N4O3. The summed E-state index contributed by atoms with van der Waals surface area (Å²) in [6.07, 6.45) is 3.13. The average molecular weight is 406 g/mol. The number of benzene rings is 2. The van der Waals surface area contributed by atoms with Gasteiger partial charge in [0.05, 0.1) is 6.54 Å². The van der Waals surface area contributed by atoms with E-state index in [0.717, 1.165) is 11.1 Å². The summed E-state index contributed by atoms with van der Waals surface area (Å²) in [5.74, 6) is -0.184. The van der Waals surface area contributed by atoms with Crippen molar-refractivity contribution in [2.24, 2.45) is 0 Å². The van der Waals surface area contributed by atoms with Crippen LogP contribution in [0.4, 0.5) is 10.5 Å². The Bertz CT molecular complexity index is 990. The molecule has 0 unspecified atom stereocenters. The molecule has 1 aromatic heterocycles. The van der Waals surface area contributed by atoms with Gasteiger partial charge in [-0.3, -0.25) is 14.8 Å². The lowest BCUT2D eigenvalue weighted by Gasteiger charge is -2.19. The van der Waals surface area contributed by atoms with Crippen molar-refractivity contribution in [1.29, 1.82) is 0 Å². The molecule has 3 rings (SSSR count). The van der Waals surface area contributed by atoms with E-state index in [-0.39, 0.29) is 5.91 Å². The lowest BCUT2D eigenvalue weighted by molar-refractivity contribution is 0.0635. The Labute approximate surface area is 176 Å². The molecule has 0 saturated heterocycles. The van der Waals surface area contributed by atoms with Crippen LogP contribution in [0.2, 0.25) is 0 Å². The molecule has 1 heterocycles. The molecule has 0 bridgehead atoms. The molecule has 156 valence electrons. The fourth-order valence-electron chi connectivity index (χ4n) is 2.83. The predicted molar refractivity (Wildman–Crippen MR) is 115 cm³/mol. The summed E-state index contributed by atoms with van der Waals surface area (Å²) in [5.41, 5.74) is 2.63. The summed E-state index contributed by atoms with van der Waals surface area (Å²) in [4.78, 5) is 24.3. The van der Waals surface area contributed by atoms with Crippen LogP contribution in [0, 0.1) is 0 Å². The highest BCUT2D eigenvalue weighted by Gasteiger charge is 2.16. The number of carbonyl (C=O) groups excluding carboxylic acids is 2. The molecule has 0 fully saturated rings. The van der Waals surface area contributed by atoms with Crippen molar-refractivity contribution in [1.82, 2.24) is 15.1 Å². The highest BCUT2D eigenvalue weighted by molar-refractivity contribution is 5.95. The van der Waals surface area contributed by atoms with Crippen LogP contribution in [-0.4, -0.2) is 27.4 Å². The highest BCUT2D eigenvalue weighted by atomic mass is 16.6. The Morgan fingerprint density at radius 2 is 1.77 bits per heavy atom. The number of rotatable bonds is 6. The van der Waals surface area contributed by atoms with E-state index < -0.39 is 11.7 Å². The Balaban J connectivity index is 1.53. The minimum absolute atomic E-state index is 0.184. The van der Waals surface area contributed by atoms with Gasteiger partial charge in [0, 0.05) is 30.2 Å². The predicted octanol–water partition coefficient (Wildman–Crippen LogP) is 4.21. The third-order valence-electron chi connectivity index (χ3n) is 4.14. The minimum atomic E-state index is -0.570. The molecule has 0 radical (unpaired) electrons. The Morgan fingerprint density at radius 3 is 2.43 bits per heavy atom. The van der Waals surface area contributed by atoms with Crippen molar-refractivity contribution in [3.63, 3.8) is 0 Å². The van der Waals surface area contributed by atoms with Crippen molar-refractivity contribution in [3.8, 4) is 0 Å². The topological polar surface area (TPSA) is 85.2 Å². The second-order valence-electron chi connectivity index (χ2n) is 7.91. The molecule has 2 N–H and O–H groups in total. The van der Waals surface area contributed by atoms with Gasteiger partial charge in [-0.1, -0.05) is 24.3 Å². The van der Waals surface area contributed by atoms with E-state index in [1.54, 1.807) is 51.2 Å². The van der Waals surface area contributed by atoms with E-state index in [1.165, 1.54) is 0 Å². The first-order valence-electron chi connectivity index (χ1n) is 9.72. The summed E-state index contributed by atoms with van der Waals surface area (Å²) in [5, 5.41) is 9.78. The summed E-state index contributed by atoms with van der Waals surface area (Å²) >= 11 is 0. The number of hydrogen-bond acceptors (Lipinski definition) is 4. The van der Waals surface area contributed by atoms with Crippen LogP contribution in [0.15, 0.2) is 67.0 Å². The molecule has 0 aliphatic carbocycles. The first kappa shape index (κ1) is 21.1. The molecule has 3 aromatic rings. The number of carbonyl (C=O) groups is 2. The van der Waals surface area contributed by atoms with E-state index in [2.05, 4.69) is 21.8 Å². The largest absolute Gasteiger partial charge is 0.444 e. The summed E-state index contributed by atoms with van der Waals surface area (Å²) in [6, 6.07) is 16.6. The Kier molecular flexibility index (Phi) is 6.51. The Hall–Kier alpha value is -3.61. The summed E-state index contributed by atoms with van der Waals surface area (Å²) < 4.78 is 7.07. The van der Waals surface area contributed by atoms with E-state index in [9.17, 15) is 9.59 Å².